The van der Waals surface area contributed by atoms with Gasteiger partial charge in [0.25, 0.3) is 0 Å². The number of anilines is 1. The highest BCUT2D eigenvalue weighted by atomic mass is 16.5. The summed E-state index contributed by atoms with van der Waals surface area (Å²) < 4.78 is 5.07. The fourth-order valence-electron chi connectivity index (χ4n) is 2.04. The summed E-state index contributed by atoms with van der Waals surface area (Å²) in [5, 5.41) is 9.94. The molecule has 0 saturated carbocycles. The van der Waals surface area contributed by atoms with E-state index >= 15 is 0 Å². The average Bonchev–Trinajstić information content (AvgIpc) is 2.84. The molecular weight excluding hydrogens is 268 g/mol. The van der Waals surface area contributed by atoms with Crippen LogP contribution in [0.2, 0.25) is 0 Å². The van der Waals surface area contributed by atoms with Crippen molar-refractivity contribution in [2.75, 3.05) is 11.9 Å². The normalized spacial score (nSPS) is 12.1. The first kappa shape index (κ1) is 15.2. The van der Waals surface area contributed by atoms with Crippen LogP contribution in [0.3, 0.4) is 0 Å². The second-order valence-electron chi connectivity index (χ2n) is 4.97. The third kappa shape index (κ3) is 4.68. The van der Waals surface area contributed by atoms with Gasteiger partial charge in [0.2, 0.25) is 11.8 Å². The first-order valence-corrected chi connectivity index (χ1v) is 6.94. The van der Waals surface area contributed by atoms with Crippen molar-refractivity contribution in [1.29, 1.82) is 0 Å². The predicted octanol–water partition coefficient (Wildman–Crippen LogP) is 2.23. The second-order valence-corrected chi connectivity index (χ2v) is 4.97. The summed E-state index contributed by atoms with van der Waals surface area (Å²) in [6, 6.07) is 7.97. The molecule has 0 aliphatic rings. The van der Waals surface area contributed by atoms with Crippen molar-refractivity contribution >= 4 is 11.6 Å². The molecule has 1 atom stereocenters. The van der Waals surface area contributed by atoms with Gasteiger partial charge in [0.05, 0.1) is 0 Å². The number of nitrogens with one attached hydrogen (secondary N) is 2. The molecule has 0 saturated heterocycles. The summed E-state index contributed by atoms with van der Waals surface area (Å²) in [7, 11) is 0. The van der Waals surface area contributed by atoms with Crippen LogP contribution in [-0.4, -0.2) is 22.6 Å². The number of carbonyl (C=O) groups is 1. The zero-order valence-electron chi connectivity index (χ0n) is 12.5. The molecule has 1 unspecified atom stereocenters. The van der Waals surface area contributed by atoms with Crippen LogP contribution in [0, 0.1) is 6.92 Å². The summed E-state index contributed by atoms with van der Waals surface area (Å²) in [6.07, 6.45) is 0.691. The standard InChI is InChI=1S/C15H20N4O2/c1-10(16-8-7-15-17-11(2)19-21-15)13-5-4-6-14(9-13)18-12(3)20/h4-6,9-10,16H,7-8H2,1-3H3,(H,18,20). The maximum Gasteiger partial charge on any atom is 0.227 e. The zero-order chi connectivity index (χ0) is 15.2. The predicted molar refractivity (Wildman–Crippen MR) is 79.9 cm³/mol. The highest BCUT2D eigenvalue weighted by Crippen LogP contribution is 2.17. The van der Waals surface area contributed by atoms with Gasteiger partial charge < -0.3 is 15.2 Å². The van der Waals surface area contributed by atoms with Gasteiger partial charge in [0.15, 0.2) is 5.82 Å². The van der Waals surface area contributed by atoms with Crippen molar-refractivity contribution in [1.82, 2.24) is 15.5 Å². The van der Waals surface area contributed by atoms with Gasteiger partial charge >= 0.3 is 0 Å². The van der Waals surface area contributed by atoms with E-state index in [1.54, 1.807) is 6.92 Å². The molecule has 1 aromatic carbocycles. The molecule has 0 radical (unpaired) electrons. The number of benzene rings is 1. The van der Waals surface area contributed by atoms with Crippen LogP contribution in [0.15, 0.2) is 28.8 Å². The molecule has 2 N–H and O–H groups in total. The Hall–Kier alpha value is -2.21. The monoisotopic (exact) mass is 288 g/mol. The molecule has 0 aliphatic carbocycles. The number of carbonyl (C=O) groups excluding carboxylic acids is 1. The average molecular weight is 288 g/mol. The lowest BCUT2D eigenvalue weighted by Gasteiger charge is -2.14. The molecule has 0 bridgehead atoms. The summed E-state index contributed by atoms with van der Waals surface area (Å²) in [4.78, 5) is 15.2. The lowest BCUT2D eigenvalue weighted by atomic mass is 10.1. The van der Waals surface area contributed by atoms with Gasteiger partial charge in [-0.1, -0.05) is 17.3 Å². The zero-order valence-corrected chi connectivity index (χ0v) is 12.5. The van der Waals surface area contributed by atoms with Gasteiger partial charge in [-0.05, 0) is 31.5 Å². The van der Waals surface area contributed by atoms with E-state index in [-0.39, 0.29) is 11.9 Å². The van der Waals surface area contributed by atoms with E-state index in [4.69, 9.17) is 4.52 Å². The van der Waals surface area contributed by atoms with Crippen molar-refractivity contribution in [3.63, 3.8) is 0 Å². The van der Waals surface area contributed by atoms with Gasteiger partial charge in [0, 0.05) is 31.6 Å². The number of hydrogen-bond acceptors (Lipinski definition) is 5. The Morgan fingerprint density at radius 2 is 2.24 bits per heavy atom. The fourth-order valence-corrected chi connectivity index (χ4v) is 2.04. The van der Waals surface area contributed by atoms with Crippen LogP contribution in [0.25, 0.3) is 0 Å². The SMILES string of the molecule is CC(=O)Nc1cccc(C(C)NCCc2nc(C)no2)c1. The molecule has 1 aromatic heterocycles. The molecule has 21 heavy (non-hydrogen) atoms. The van der Waals surface area contributed by atoms with E-state index in [9.17, 15) is 4.79 Å². The molecule has 0 aliphatic heterocycles. The Morgan fingerprint density at radius 3 is 2.90 bits per heavy atom. The van der Waals surface area contributed by atoms with Gasteiger partial charge in [0.1, 0.15) is 0 Å². The largest absolute Gasteiger partial charge is 0.339 e. The van der Waals surface area contributed by atoms with Crippen LogP contribution < -0.4 is 10.6 Å². The molecule has 6 heteroatoms. The smallest absolute Gasteiger partial charge is 0.227 e. The Labute approximate surface area is 123 Å². The minimum absolute atomic E-state index is 0.0699. The van der Waals surface area contributed by atoms with Gasteiger partial charge in [-0.15, -0.1) is 0 Å². The quantitative estimate of drug-likeness (QED) is 0.852. The van der Waals surface area contributed by atoms with Crippen molar-refractivity contribution < 1.29 is 9.32 Å². The van der Waals surface area contributed by atoms with Gasteiger partial charge in [-0.2, -0.15) is 4.98 Å². The maximum atomic E-state index is 11.1. The molecule has 1 amide bonds. The first-order valence-electron chi connectivity index (χ1n) is 6.94. The summed E-state index contributed by atoms with van der Waals surface area (Å²) in [5.74, 6) is 1.22. The van der Waals surface area contributed by atoms with E-state index < -0.39 is 0 Å². The van der Waals surface area contributed by atoms with Crippen molar-refractivity contribution in [2.45, 2.75) is 33.2 Å². The van der Waals surface area contributed by atoms with Crippen LogP contribution in [0.5, 0.6) is 0 Å². The topological polar surface area (TPSA) is 80.0 Å². The van der Waals surface area contributed by atoms with Crippen LogP contribution in [0.4, 0.5) is 5.69 Å². The molecular formula is C15H20N4O2. The van der Waals surface area contributed by atoms with E-state index in [1.807, 2.05) is 24.3 Å². The van der Waals surface area contributed by atoms with E-state index in [0.717, 1.165) is 17.8 Å². The Kier molecular flexibility index (Phi) is 5.05. The maximum absolute atomic E-state index is 11.1. The van der Waals surface area contributed by atoms with E-state index in [1.165, 1.54) is 6.92 Å². The minimum Gasteiger partial charge on any atom is -0.339 e. The van der Waals surface area contributed by atoms with Crippen LogP contribution in [-0.2, 0) is 11.2 Å². The van der Waals surface area contributed by atoms with E-state index in [2.05, 4.69) is 27.7 Å². The minimum atomic E-state index is -0.0699. The lowest BCUT2D eigenvalue weighted by Crippen LogP contribution is -2.21. The van der Waals surface area contributed by atoms with Crippen molar-refractivity contribution in [3.8, 4) is 0 Å². The number of aryl methyl sites for hydroxylation is 1. The number of nitrogens with zero attached hydrogens (tertiary/aromatic N) is 2. The number of rotatable bonds is 6. The van der Waals surface area contributed by atoms with Gasteiger partial charge in [-0.25, -0.2) is 0 Å². The molecule has 2 aromatic rings. The highest BCUT2D eigenvalue weighted by Gasteiger charge is 2.07. The summed E-state index contributed by atoms with van der Waals surface area (Å²) in [6.45, 7) is 6.12. The van der Waals surface area contributed by atoms with Crippen LogP contribution in [0.1, 0.15) is 37.2 Å². The summed E-state index contributed by atoms with van der Waals surface area (Å²) >= 11 is 0. The molecule has 6 nitrogen and oxygen atoms in total. The fraction of sp³-hybridized carbons (Fsp3) is 0.400. The molecule has 2 rings (SSSR count). The molecule has 1 heterocycles. The Balaban J connectivity index is 1.87. The van der Waals surface area contributed by atoms with E-state index in [0.29, 0.717) is 18.1 Å². The number of amides is 1. The lowest BCUT2D eigenvalue weighted by molar-refractivity contribution is -0.114. The molecule has 0 spiro atoms. The third-order valence-corrected chi connectivity index (χ3v) is 3.07. The Morgan fingerprint density at radius 1 is 1.43 bits per heavy atom. The second kappa shape index (κ2) is 6.99. The number of hydrogen-bond donors (Lipinski definition) is 2. The third-order valence-electron chi connectivity index (χ3n) is 3.07. The number of aromatic nitrogens is 2. The summed E-state index contributed by atoms with van der Waals surface area (Å²) in [5.41, 5.74) is 1.92. The first-order chi connectivity index (χ1) is 10.0. The van der Waals surface area contributed by atoms with Crippen LogP contribution >= 0.6 is 0 Å². The molecule has 112 valence electrons. The van der Waals surface area contributed by atoms with Crippen molar-refractivity contribution in [2.24, 2.45) is 0 Å². The highest BCUT2D eigenvalue weighted by molar-refractivity contribution is 5.88. The van der Waals surface area contributed by atoms with Gasteiger partial charge in [-0.3, -0.25) is 4.79 Å². The Bertz CT molecular complexity index is 609. The van der Waals surface area contributed by atoms with Crippen molar-refractivity contribution in [3.05, 3.63) is 41.5 Å². The molecule has 0 fully saturated rings.